The molecule has 29 heavy (non-hydrogen) atoms. The molecule has 2 rings (SSSR count). The predicted molar refractivity (Wildman–Crippen MR) is 111 cm³/mol. The van der Waals surface area contributed by atoms with Crippen molar-refractivity contribution in [2.24, 2.45) is 5.73 Å². The highest BCUT2D eigenvalue weighted by Crippen LogP contribution is 2.31. The van der Waals surface area contributed by atoms with Gasteiger partial charge in [-0.3, -0.25) is 19.7 Å². The van der Waals surface area contributed by atoms with Crippen LogP contribution in [0.25, 0.3) is 0 Å². The fourth-order valence-corrected chi connectivity index (χ4v) is 3.80. The van der Waals surface area contributed by atoms with Gasteiger partial charge in [-0.05, 0) is 43.7 Å². The van der Waals surface area contributed by atoms with E-state index in [1.165, 1.54) is 12.1 Å². The first kappa shape index (κ1) is 22.2. The molecule has 0 aliphatic rings. The highest BCUT2D eigenvalue weighted by Gasteiger charge is 2.23. The summed E-state index contributed by atoms with van der Waals surface area (Å²) in [5.41, 5.74) is 5.92. The minimum atomic E-state index is -0.745. The van der Waals surface area contributed by atoms with Gasteiger partial charge in [-0.1, -0.05) is 12.1 Å². The number of hydrogen-bond donors (Lipinski definition) is 1. The fourth-order valence-electron chi connectivity index (χ4n) is 2.91. The Labute approximate surface area is 173 Å². The summed E-state index contributed by atoms with van der Waals surface area (Å²) in [6.07, 6.45) is 0. The lowest BCUT2D eigenvalue weighted by Crippen LogP contribution is -2.34. The summed E-state index contributed by atoms with van der Waals surface area (Å²) < 4.78 is 5.24. The summed E-state index contributed by atoms with van der Waals surface area (Å²) in [6.45, 7) is 4.29. The number of primary amides is 1. The fraction of sp³-hybridized carbons (Fsp3) is 0.300. The Kier molecular flexibility index (Phi) is 7.60. The summed E-state index contributed by atoms with van der Waals surface area (Å²) in [7, 11) is 1.58. The van der Waals surface area contributed by atoms with E-state index in [4.69, 9.17) is 10.5 Å². The summed E-state index contributed by atoms with van der Waals surface area (Å²) >= 11 is 1.06. The minimum Gasteiger partial charge on any atom is -0.497 e. The Morgan fingerprint density at radius 2 is 2.00 bits per heavy atom. The zero-order valence-electron chi connectivity index (χ0n) is 16.5. The van der Waals surface area contributed by atoms with Crippen LogP contribution in [0, 0.1) is 10.1 Å². The third-order valence-electron chi connectivity index (χ3n) is 4.50. The van der Waals surface area contributed by atoms with E-state index in [1.54, 1.807) is 12.0 Å². The Morgan fingerprint density at radius 3 is 2.59 bits per heavy atom. The van der Waals surface area contributed by atoms with Crippen LogP contribution >= 0.6 is 11.8 Å². The number of nitrogens with two attached hydrogens (primary N) is 1. The first-order valence-electron chi connectivity index (χ1n) is 8.92. The van der Waals surface area contributed by atoms with E-state index in [9.17, 15) is 19.7 Å². The SMILES string of the molecule is CCN(C(=O)CSc1ccc(C(N)=O)cc1[N+](=O)[O-])C(C)c1cccc(OC)c1. The molecule has 0 aliphatic heterocycles. The summed E-state index contributed by atoms with van der Waals surface area (Å²) in [6, 6.07) is 11.3. The largest absolute Gasteiger partial charge is 0.497 e. The maximum atomic E-state index is 12.8. The third-order valence-corrected chi connectivity index (χ3v) is 5.54. The van der Waals surface area contributed by atoms with Gasteiger partial charge in [0, 0.05) is 18.2 Å². The lowest BCUT2D eigenvalue weighted by Gasteiger charge is -2.28. The van der Waals surface area contributed by atoms with Crippen LogP contribution in [-0.4, -0.2) is 41.0 Å². The zero-order valence-corrected chi connectivity index (χ0v) is 17.3. The van der Waals surface area contributed by atoms with Crippen molar-refractivity contribution in [2.45, 2.75) is 24.8 Å². The Bertz CT molecular complexity index is 919. The van der Waals surface area contributed by atoms with Crippen LogP contribution in [0.3, 0.4) is 0 Å². The van der Waals surface area contributed by atoms with E-state index in [-0.39, 0.29) is 29.0 Å². The van der Waals surface area contributed by atoms with Crippen LogP contribution in [0.5, 0.6) is 5.75 Å². The van der Waals surface area contributed by atoms with E-state index < -0.39 is 10.8 Å². The highest BCUT2D eigenvalue weighted by atomic mass is 32.2. The smallest absolute Gasteiger partial charge is 0.283 e. The average molecular weight is 417 g/mol. The molecule has 154 valence electrons. The molecule has 0 bridgehead atoms. The number of rotatable bonds is 9. The average Bonchev–Trinajstić information content (AvgIpc) is 2.72. The molecule has 9 heteroatoms. The number of nitrogens with zero attached hydrogens (tertiary/aromatic N) is 2. The standard InChI is InChI=1S/C20H23N3O5S/c1-4-22(13(2)14-6-5-7-16(10-14)28-3)19(24)12-29-18-9-8-15(20(21)25)11-17(18)23(26)27/h5-11,13H,4,12H2,1-3H3,(H2,21,25). The van der Waals surface area contributed by atoms with Crippen LogP contribution in [-0.2, 0) is 4.79 Å². The highest BCUT2D eigenvalue weighted by molar-refractivity contribution is 8.00. The van der Waals surface area contributed by atoms with E-state index in [0.717, 1.165) is 23.4 Å². The number of nitro groups is 1. The maximum Gasteiger partial charge on any atom is 0.283 e. The Morgan fingerprint density at radius 1 is 1.28 bits per heavy atom. The van der Waals surface area contributed by atoms with Crippen molar-refractivity contribution in [3.8, 4) is 5.75 Å². The van der Waals surface area contributed by atoms with E-state index in [0.29, 0.717) is 17.2 Å². The van der Waals surface area contributed by atoms with Crippen molar-refractivity contribution < 1.29 is 19.2 Å². The molecule has 0 heterocycles. The summed E-state index contributed by atoms with van der Waals surface area (Å²) in [4.78, 5) is 36.8. The van der Waals surface area contributed by atoms with Crippen LogP contribution in [0.2, 0.25) is 0 Å². The number of thioether (sulfide) groups is 1. The molecule has 2 N–H and O–H groups in total. The molecule has 8 nitrogen and oxygen atoms in total. The molecule has 1 atom stereocenters. The van der Waals surface area contributed by atoms with Gasteiger partial charge in [0.2, 0.25) is 11.8 Å². The second kappa shape index (κ2) is 9.92. The van der Waals surface area contributed by atoms with Crippen molar-refractivity contribution >= 4 is 29.3 Å². The van der Waals surface area contributed by atoms with Crippen LogP contribution < -0.4 is 10.5 Å². The van der Waals surface area contributed by atoms with Crippen molar-refractivity contribution in [3.63, 3.8) is 0 Å². The second-order valence-corrected chi connectivity index (χ2v) is 7.24. The molecule has 0 aromatic heterocycles. The predicted octanol–water partition coefficient (Wildman–Crippen LogP) is 3.40. The minimum absolute atomic E-state index is 0.0267. The van der Waals surface area contributed by atoms with Crippen LogP contribution in [0.15, 0.2) is 47.4 Å². The van der Waals surface area contributed by atoms with Gasteiger partial charge in [0.15, 0.2) is 0 Å². The monoisotopic (exact) mass is 417 g/mol. The van der Waals surface area contributed by atoms with Gasteiger partial charge in [0.05, 0.1) is 28.7 Å². The number of benzene rings is 2. The molecule has 0 fully saturated rings. The molecule has 0 saturated carbocycles. The maximum absolute atomic E-state index is 12.8. The number of carbonyl (C=O) groups is 2. The van der Waals surface area contributed by atoms with E-state index in [1.807, 2.05) is 38.1 Å². The second-order valence-electron chi connectivity index (χ2n) is 6.22. The number of methoxy groups -OCH3 is 1. The summed E-state index contributed by atoms with van der Waals surface area (Å²) in [5.74, 6) is -0.165. The number of carbonyl (C=O) groups excluding carboxylic acids is 2. The number of nitro benzene ring substituents is 1. The molecular formula is C20H23N3O5S. The van der Waals surface area contributed by atoms with Crippen molar-refractivity contribution in [3.05, 3.63) is 63.7 Å². The quantitative estimate of drug-likeness (QED) is 0.380. The molecule has 2 aromatic rings. The lowest BCUT2D eigenvalue weighted by molar-refractivity contribution is -0.387. The lowest BCUT2D eigenvalue weighted by atomic mass is 10.1. The number of ether oxygens (including phenoxy) is 1. The van der Waals surface area contributed by atoms with Gasteiger partial charge in [-0.25, -0.2) is 0 Å². The molecule has 2 amide bonds. The van der Waals surface area contributed by atoms with Crippen molar-refractivity contribution in [2.75, 3.05) is 19.4 Å². The molecule has 0 spiro atoms. The van der Waals surface area contributed by atoms with E-state index >= 15 is 0 Å². The summed E-state index contributed by atoms with van der Waals surface area (Å²) in [5, 5.41) is 11.3. The molecule has 0 saturated heterocycles. The van der Waals surface area contributed by atoms with Crippen molar-refractivity contribution in [1.82, 2.24) is 4.90 Å². The van der Waals surface area contributed by atoms with Crippen molar-refractivity contribution in [1.29, 1.82) is 0 Å². The molecule has 2 aromatic carbocycles. The molecule has 0 aliphatic carbocycles. The Balaban J connectivity index is 2.16. The Hall–Kier alpha value is -3.07. The van der Waals surface area contributed by atoms with Crippen LogP contribution in [0.4, 0.5) is 5.69 Å². The van der Waals surface area contributed by atoms with Gasteiger partial charge in [0.1, 0.15) is 5.75 Å². The zero-order chi connectivity index (χ0) is 21.6. The topological polar surface area (TPSA) is 116 Å². The molecule has 1 unspecified atom stereocenters. The van der Waals surface area contributed by atoms with Gasteiger partial charge >= 0.3 is 0 Å². The van der Waals surface area contributed by atoms with Gasteiger partial charge in [-0.2, -0.15) is 0 Å². The van der Waals surface area contributed by atoms with Crippen LogP contribution in [0.1, 0.15) is 35.8 Å². The third kappa shape index (κ3) is 5.47. The molecular weight excluding hydrogens is 394 g/mol. The number of hydrogen-bond acceptors (Lipinski definition) is 6. The normalized spacial score (nSPS) is 11.6. The van der Waals surface area contributed by atoms with Gasteiger partial charge < -0.3 is 15.4 Å². The van der Waals surface area contributed by atoms with Gasteiger partial charge in [-0.15, -0.1) is 11.8 Å². The number of amides is 2. The first-order chi connectivity index (χ1) is 13.8. The molecule has 0 radical (unpaired) electrons. The van der Waals surface area contributed by atoms with Gasteiger partial charge in [0.25, 0.3) is 5.69 Å². The first-order valence-corrected chi connectivity index (χ1v) is 9.91. The van der Waals surface area contributed by atoms with E-state index in [2.05, 4.69) is 0 Å².